The fourth-order valence-electron chi connectivity index (χ4n) is 4.09. The van der Waals surface area contributed by atoms with Gasteiger partial charge in [0.2, 0.25) is 17.7 Å². The van der Waals surface area contributed by atoms with Crippen LogP contribution in [-0.4, -0.2) is 75.5 Å². The molecule has 0 aliphatic carbocycles. The van der Waals surface area contributed by atoms with Gasteiger partial charge in [0.15, 0.2) is 0 Å². The number of nitrogens with zero attached hydrogens (tertiary/aromatic N) is 1. The van der Waals surface area contributed by atoms with E-state index in [2.05, 4.69) is 10.6 Å². The molecule has 6 N–H and O–H groups in total. The Balaban J connectivity index is 2.21. The molecule has 11 heteroatoms. The Labute approximate surface area is 204 Å². The van der Waals surface area contributed by atoms with Crippen molar-refractivity contribution in [3.05, 3.63) is 35.9 Å². The molecule has 0 spiro atoms. The molecule has 0 radical (unpaired) electrons. The van der Waals surface area contributed by atoms with Gasteiger partial charge in [0, 0.05) is 13.0 Å². The Hall–Kier alpha value is -3.47. The van der Waals surface area contributed by atoms with Crippen molar-refractivity contribution in [2.75, 3.05) is 6.54 Å². The maximum absolute atomic E-state index is 13.5. The van der Waals surface area contributed by atoms with Crippen molar-refractivity contribution in [2.24, 2.45) is 11.7 Å². The monoisotopic (exact) mass is 490 g/mol. The van der Waals surface area contributed by atoms with Crippen LogP contribution in [0, 0.1) is 5.92 Å². The first-order valence-corrected chi connectivity index (χ1v) is 11.6. The second kappa shape index (κ2) is 12.8. The fraction of sp³-hybridized carbons (Fsp3) is 0.542. The standard InChI is InChI=1S/C24H34N4O7/c1-14(2)11-16(25)21(31)26-17(12-15-7-4-3-5-8-15)23(33)28-10-6-9-19(28)22(32)27-18(24(34)35)13-20(29)30/h3-5,7-8,14,16-19H,6,9-13,25H2,1-2H3,(H,26,31)(H,27,32)(H,29,30)(H,34,35). The predicted molar refractivity (Wildman–Crippen MR) is 126 cm³/mol. The SMILES string of the molecule is CC(C)CC(N)C(=O)NC(Cc1ccccc1)C(=O)N1CCCC1C(=O)NC(CC(=O)O)C(=O)O. The number of carboxylic acid groups (broad SMARTS) is 2. The van der Waals surface area contributed by atoms with Crippen LogP contribution in [0.15, 0.2) is 30.3 Å². The highest BCUT2D eigenvalue weighted by atomic mass is 16.4. The number of nitrogens with two attached hydrogens (primary N) is 1. The topological polar surface area (TPSA) is 179 Å². The molecule has 4 unspecified atom stereocenters. The number of rotatable bonds is 12. The quantitative estimate of drug-likeness (QED) is 0.274. The number of likely N-dealkylation sites (tertiary alicyclic amines) is 1. The lowest BCUT2D eigenvalue weighted by Gasteiger charge is -2.30. The lowest BCUT2D eigenvalue weighted by molar-refractivity contribution is -0.148. The van der Waals surface area contributed by atoms with Gasteiger partial charge in [-0.3, -0.25) is 19.2 Å². The number of carboxylic acids is 2. The number of hydrogen-bond acceptors (Lipinski definition) is 6. The van der Waals surface area contributed by atoms with E-state index in [1.54, 1.807) is 0 Å². The number of nitrogens with one attached hydrogen (secondary N) is 2. The van der Waals surface area contributed by atoms with Crippen LogP contribution in [0.2, 0.25) is 0 Å². The summed E-state index contributed by atoms with van der Waals surface area (Å²) in [6.07, 6.45) is 0.617. The summed E-state index contributed by atoms with van der Waals surface area (Å²) in [4.78, 5) is 62.7. The van der Waals surface area contributed by atoms with E-state index in [9.17, 15) is 29.1 Å². The normalized spacial score (nSPS) is 17.9. The zero-order valence-electron chi connectivity index (χ0n) is 20.0. The number of carbonyl (C=O) groups excluding carboxylic acids is 3. The van der Waals surface area contributed by atoms with Gasteiger partial charge in [0.05, 0.1) is 12.5 Å². The molecule has 11 nitrogen and oxygen atoms in total. The van der Waals surface area contributed by atoms with Gasteiger partial charge in [-0.15, -0.1) is 0 Å². The van der Waals surface area contributed by atoms with Crippen LogP contribution in [-0.2, 0) is 30.4 Å². The average Bonchev–Trinajstić information content (AvgIpc) is 3.27. The second-order valence-electron chi connectivity index (χ2n) is 9.17. The highest BCUT2D eigenvalue weighted by molar-refractivity contribution is 5.95. The summed E-state index contributed by atoms with van der Waals surface area (Å²) >= 11 is 0. The predicted octanol–water partition coefficient (Wildman–Crippen LogP) is 0.122. The maximum Gasteiger partial charge on any atom is 0.326 e. The molecule has 0 saturated carbocycles. The molecular weight excluding hydrogens is 456 g/mol. The first-order valence-electron chi connectivity index (χ1n) is 11.6. The van der Waals surface area contributed by atoms with E-state index >= 15 is 0 Å². The zero-order chi connectivity index (χ0) is 26.1. The molecule has 1 aromatic rings. The van der Waals surface area contributed by atoms with Gasteiger partial charge in [-0.1, -0.05) is 44.2 Å². The van der Waals surface area contributed by atoms with Crippen molar-refractivity contribution in [3.63, 3.8) is 0 Å². The lowest BCUT2D eigenvalue weighted by atomic mass is 10.0. The summed E-state index contributed by atoms with van der Waals surface area (Å²) in [6.45, 7) is 4.11. The van der Waals surface area contributed by atoms with E-state index in [-0.39, 0.29) is 25.3 Å². The minimum Gasteiger partial charge on any atom is -0.481 e. The number of benzene rings is 1. The molecule has 3 amide bonds. The first-order chi connectivity index (χ1) is 16.5. The third kappa shape index (κ3) is 8.36. The first kappa shape index (κ1) is 27.8. The Bertz CT molecular complexity index is 922. The molecular formula is C24H34N4O7. The summed E-state index contributed by atoms with van der Waals surface area (Å²) in [5.74, 6) is -4.38. The van der Waals surface area contributed by atoms with Gasteiger partial charge in [-0.2, -0.15) is 0 Å². The van der Waals surface area contributed by atoms with Crippen LogP contribution in [0.1, 0.15) is 45.1 Å². The summed E-state index contributed by atoms with van der Waals surface area (Å²) in [7, 11) is 0. The van der Waals surface area contributed by atoms with E-state index in [1.807, 2.05) is 44.2 Å². The van der Waals surface area contributed by atoms with E-state index in [1.165, 1.54) is 4.90 Å². The summed E-state index contributed by atoms with van der Waals surface area (Å²) < 4.78 is 0. The van der Waals surface area contributed by atoms with E-state index in [0.717, 1.165) is 5.56 Å². The molecule has 192 valence electrons. The smallest absolute Gasteiger partial charge is 0.326 e. The Morgan fingerprint density at radius 1 is 1.06 bits per heavy atom. The van der Waals surface area contributed by atoms with Crippen molar-refractivity contribution < 1.29 is 34.2 Å². The zero-order valence-corrected chi connectivity index (χ0v) is 20.0. The maximum atomic E-state index is 13.5. The third-order valence-electron chi connectivity index (χ3n) is 5.79. The van der Waals surface area contributed by atoms with E-state index in [0.29, 0.717) is 12.8 Å². The van der Waals surface area contributed by atoms with Gasteiger partial charge < -0.3 is 31.5 Å². The van der Waals surface area contributed by atoms with Crippen LogP contribution in [0.5, 0.6) is 0 Å². The lowest BCUT2D eigenvalue weighted by Crippen LogP contribution is -2.57. The minimum absolute atomic E-state index is 0.179. The number of carbonyl (C=O) groups is 5. The second-order valence-corrected chi connectivity index (χ2v) is 9.17. The van der Waals surface area contributed by atoms with Gasteiger partial charge in [-0.05, 0) is 30.7 Å². The average molecular weight is 491 g/mol. The highest BCUT2D eigenvalue weighted by Crippen LogP contribution is 2.20. The molecule has 35 heavy (non-hydrogen) atoms. The van der Waals surface area contributed by atoms with E-state index < -0.39 is 60.2 Å². The van der Waals surface area contributed by atoms with Crippen molar-refractivity contribution in [3.8, 4) is 0 Å². The number of hydrogen-bond donors (Lipinski definition) is 5. The molecule has 1 saturated heterocycles. The summed E-state index contributed by atoms with van der Waals surface area (Å²) in [6, 6.07) is 4.71. The Morgan fingerprint density at radius 2 is 1.71 bits per heavy atom. The molecule has 1 aliphatic rings. The van der Waals surface area contributed by atoms with E-state index in [4.69, 9.17) is 10.8 Å². The van der Waals surface area contributed by atoms with Crippen LogP contribution < -0.4 is 16.4 Å². The van der Waals surface area contributed by atoms with Crippen molar-refractivity contribution >= 4 is 29.7 Å². The molecule has 1 heterocycles. The third-order valence-corrected chi connectivity index (χ3v) is 5.79. The van der Waals surface area contributed by atoms with Crippen LogP contribution in [0.25, 0.3) is 0 Å². The Kier molecular flexibility index (Phi) is 10.2. The molecule has 0 aromatic heterocycles. The largest absolute Gasteiger partial charge is 0.481 e. The number of aliphatic carboxylic acids is 2. The van der Waals surface area contributed by atoms with Crippen LogP contribution in [0.3, 0.4) is 0 Å². The molecule has 2 rings (SSSR count). The molecule has 1 aliphatic heterocycles. The molecule has 4 atom stereocenters. The van der Waals surface area contributed by atoms with Crippen molar-refractivity contribution in [2.45, 2.75) is 70.1 Å². The molecule has 1 fully saturated rings. The summed E-state index contributed by atoms with van der Waals surface area (Å²) in [5.41, 5.74) is 6.81. The molecule has 1 aromatic carbocycles. The molecule has 0 bridgehead atoms. The Morgan fingerprint density at radius 3 is 2.29 bits per heavy atom. The fourth-order valence-corrected chi connectivity index (χ4v) is 4.09. The minimum atomic E-state index is -1.62. The van der Waals surface area contributed by atoms with Crippen LogP contribution >= 0.6 is 0 Å². The number of amides is 3. The van der Waals surface area contributed by atoms with Crippen molar-refractivity contribution in [1.29, 1.82) is 0 Å². The van der Waals surface area contributed by atoms with Gasteiger partial charge in [0.1, 0.15) is 18.1 Å². The van der Waals surface area contributed by atoms with Gasteiger partial charge in [-0.25, -0.2) is 4.79 Å². The summed E-state index contributed by atoms with van der Waals surface area (Å²) in [5, 5.41) is 23.1. The van der Waals surface area contributed by atoms with Gasteiger partial charge in [0.25, 0.3) is 0 Å². The highest BCUT2D eigenvalue weighted by Gasteiger charge is 2.39. The van der Waals surface area contributed by atoms with Gasteiger partial charge >= 0.3 is 11.9 Å². The van der Waals surface area contributed by atoms with Crippen molar-refractivity contribution in [1.82, 2.24) is 15.5 Å². The van der Waals surface area contributed by atoms with Crippen LogP contribution in [0.4, 0.5) is 0 Å².